The summed E-state index contributed by atoms with van der Waals surface area (Å²) >= 11 is 0. The topological polar surface area (TPSA) is 38.3 Å². The fourth-order valence-electron chi connectivity index (χ4n) is 2.37. The van der Waals surface area contributed by atoms with E-state index in [1.165, 1.54) is 11.1 Å². The molecule has 1 amide bonds. The molecule has 0 fully saturated rings. The normalized spacial score (nSPS) is 16.9. The number of fused-ring (bicyclic) bond motifs is 1. The van der Waals surface area contributed by atoms with E-state index in [0.717, 1.165) is 17.9 Å². The maximum Gasteiger partial charge on any atom is 0.265 e. The molecule has 0 saturated carbocycles. The van der Waals surface area contributed by atoms with E-state index < -0.39 is 6.10 Å². The number of hydrogen-bond acceptors (Lipinski definition) is 2. The molecule has 1 aliphatic rings. The molecular weight excluding hydrogens is 250 g/mol. The first-order valence-electron chi connectivity index (χ1n) is 6.84. The number of carbonyl (C=O) groups is 1. The number of ether oxygens (including phenoxy) is 1. The zero-order valence-corrected chi connectivity index (χ0v) is 11.4. The fraction of sp³-hybridized carbons (Fsp3) is 0.235. The standard InChI is InChI=1S/C17H17NO2/c1-12-6-9-14(10-7-12)18-17(19)16-11-8-13-4-2-3-5-15(13)20-16/h2-7,9-10,16H,8,11H2,1H3,(H,18,19). The first kappa shape index (κ1) is 12.7. The van der Waals surface area contributed by atoms with Crippen molar-refractivity contribution in [1.82, 2.24) is 0 Å². The van der Waals surface area contributed by atoms with Crippen LogP contribution in [0.5, 0.6) is 5.75 Å². The van der Waals surface area contributed by atoms with Gasteiger partial charge < -0.3 is 10.1 Å². The molecule has 2 aromatic rings. The van der Waals surface area contributed by atoms with Gasteiger partial charge in [-0.25, -0.2) is 0 Å². The van der Waals surface area contributed by atoms with Crippen LogP contribution in [0.2, 0.25) is 0 Å². The maximum atomic E-state index is 12.2. The lowest BCUT2D eigenvalue weighted by molar-refractivity contribution is -0.123. The van der Waals surface area contributed by atoms with Gasteiger partial charge >= 0.3 is 0 Å². The Kier molecular flexibility index (Phi) is 3.42. The lowest BCUT2D eigenvalue weighted by Gasteiger charge is -2.25. The second kappa shape index (κ2) is 5.37. The van der Waals surface area contributed by atoms with Gasteiger partial charge in [0.05, 0.1) is 0 Å². The van der Waals surface area contributed by atoms with E-state index in [2.05, 4.69) is 5.32 Å². The number of anilines is 1. The van der Waals surface area contributed by atoms with Crippen molar-refractivity contribution in [2.45, 2.75) is 25.9 Å². The Bertz CT molecular complexity index is 619. The largest absolute Gasteiger partial charge is 0.480 e. The van der Waals surface area contributed by atoms with Gasteiger partial charge in [-0.3, -0.25) is 4.79 Å². The van der Waals surface area contributed by atoms with Crippen molar-refractivity contribution >= 4 is 11.6 Å². The van der Waals surface area contributed by atoms with Gasteiger partial charge in [0.2, 0.25) is 0 Å². The molecule has 3 nitrogen and oxygen atoms in total. The van der Waals surface area contributed by atoms with Gasteiger partial charge in [0.15, 0.2) is 6.10 Å². The van der Waals surface area contributed by atoms with Crippen molar-refractivity contribution < 1.29 is 9.53 Å². The third-order valence-corrected chi connectivity index (χ3v) is 3.53. The summed E-state index contributed by atoms with van der Waals surface area (Å²) in [6, 6.07) is 15.7. The highest BCUT2D eigenvalue weighted by Gasteiger charge is 2.25. The van der Waals surface area contributed by atoms with Gasteiger partial charge in [-0.2, -0.15) is 0 Å². The second-order valence-corrected chi connectivity index (χ2v) is 5.11. The zero-order valence-electron chi connectivity index (χ0n) is 11.4. The number of benzene rings is 2. The number of hydrogen-bond donors (Lipinski definition) is 1. The molecule has 1 aliphatic heterocycles. The van der Waals surface area contributed by atoms with Gasteiger partial charge in [-0.1, -0.05) is 35.9 Å². The molecule has 0 aromatic heterocycles. The van der Waals surface area contributed by atoms with Crippen molar-refractivity contribution in [2.24, 2.45) is 0 Å². The number of aryl methyl sites for hydroxylation is 2. The third-order valence-electron chi connectivity index (χ3n) is 3.53. The van der Waals surface area contributed by atoms with E-state index >= 15 is 0 Å². The van der Waals surface area contributed by atoms with Crippen LogP contribution >= 0.6 is 0 Å². The Labute approximate surface area is 118 Å². The SMILES string of the molecule is Cc1ccc(NC(=O)C2CCc3ccccc3O2)cc1. The van der Waals surface area contributed by atoms with E-state index in [0.29, 0.717) is 6.42 Å². The van der Waals surface area contributed by atoms with E-state index in [9.17, 15) is 4.79 Å². The van der Waals surface area contributed by atoms with Crippen LogP contribution in [0.4, 0.5) is 5.69 Å². The lowest BCUT2D eigenvalue weighted by atomic mass is 10.0. The van der Waals surface area contributed by atoms with Gasteiger partial charge in [-0.15, -0.1) is 0 Å². The Balaban J connectivity index is 1.68. The number of rotatable bonds is 2. The molecular formula is C17H17NO2. The number of para-hydroxylation sites is 1. The Morgan fingerprint density at radius 1 is 1.15 bits per heavy atom. The summed E-state index contributed by atoms with van der Waals surface area (Å²) < 4.78 is 5.78. The highest BCUT2D eigenvalue weighted by Crippen LogP contribution is 2.27. The second-order valence-electron chi connectivity index (χ2n) is 5.11. The van der Waals surface area contributed by atoms with Crippen molar-refractivity contribution in [3.63, 3.8) is 0 Å². The van der Waals surface area contributed by atoms with Gasteiger partial charge in [-0.05, 0) is 43.5 Å². The molecule has 3 heteroatoms. The van der Waals surface area contributed by atoms with Crippen molar-refractivity contribution in [1.29, 1.82) is 0 Å². The Morgan fingerprint density at radius 2 is 1.90 bits per heavy atom. The summed E-state index contributed by atoms with van der Waals surface area (Å²) in [6.45, 7) is 2.02. The minimum Gasteiger partial charge on any atom is -0.480 e. The van der Waals surface area contributed by atoms with Crippen LogP contribution in [0, 0.1) is 6.92 Å². The molecule has 0 radical (unpaired) electrons. The first-order valence-corrected chi connectivity index (χ1v) is 6.84. The molecule has 0 aliphatic carbocycles. The average Bonchev–Trinajstić information content (AvgIpc) is 2.49. The van der Waals surface area contributed by atoms with E-state index in [-0.39, 0.29) is 5.91 Å². The van der Waals surface area contributed by atoms with E-state index in [1.54, 1.807) is 0 Å². The van der Waals surface area contributed by atoms with Crippen LogP contribution in [0.25, 0.3) is 0 Å². The van der Waals surface area contributed by atoms with Crippen LogP contribution in [-0.2, 0) is 11.2 Å². The van der Waals surface area contributed by atoms with Gasteiger partial charge in [0.25, 0.3) is 5.91 Å². The lowest BCUT2D eigenvalue weighted by Crippen LogP contribution is -2.35. The molecule has 2 aromatic carbocycles. The molecule has 102 valence electrons. The number of nitrogens with one attached hydrogen (secondary N) is 1. The Morgan fingerprint density at radius 3 is 2.70 bits per heavy atom. The van der Waals surface area contributed by atoms with Crippen LogP contribution in [-0.4, -0.2) is 12.0 Å². The summed E-state index contributed by atoms with van der Waals surface area (Å²) in [5.74, 6) is 0.742. The van der Waals surface area contributed by atoms with E-state index in [4.69, 9.17) is 4.74 Å². The molecule has 0 spiro atoms. The summed E-state index contributed by atoms with van der Waals surface area (Å²) in [4.78, 5) is 12.2. The summed E-state index contributed by atoms with van der Waals surface area (Å²) in [6.07, 6.45) is 1.18. The average molecular weight is 267 g/mol. The van der Waals surface area contributed by atoms with Gasteiger partial charge in [0, 0.05) is 5.69 Å². The van der Waals surface area contributed by atoms with Crippen molar-refractivity contribution in [3.05, 3.63) is 59.7 Å². The Hall–Kier alpha value is -2.29. The fourth-order valence-corrected chi connectivity index (χ4v) is 2.37. The monoisotopic (exact) mass is 267 g/mol. The third kappa shape index (κ3) is 2.67. The van der Waals surface area contributed by atoms with Crippen LogP contribution in [0.1, 0.15) is 17.5 Å². The minimum absolute atomic E-state index is 0.0802. The van der Waals surface area contributed by atoms with Gasteiger partial charge in [0.1, 0.15) is 5.75 Å². The molecule has 1 heterocycles. The highest BCUT2D eigenvalue weighted by atomic mass is 16.5. The van der Waals surface area contributed by atoms with Crippen LogP contribution in [0.15, 0.2) is 48.5 Å². The molecule has 0 saturated heterocycles. The van der Waals surface area contributed by atoms with Crippen LogP contribution in [0.3, 0.4) is 0 Å². The smallest absolute Gasteiger partial charge is 0.265 e. The summed E-state index contributed by atoms with van der Waals surface area (Å²) in [5.41, 5.74) is 3.15. The molecule has 1 atom stereocenters. The number of carbonyl (C=O) groups excluding carboxylic acids is 1. The van der Waals surface area contributed by atoms with Crippen molar-refractivity contribution in [2.75, 3.05) is 5.32 Å². The number of amides is 1. The molecule has 1 N–H and O–H groups in total. The highest BCUT2D eigenvalue weighted by molar-refractivity contribution is 5.94. The maximum absolute atomic E-state index is 12.2. The van der Waals surface area contributed by atoms with Crippen LogP contribution < -0.4 is 10.1 Å². The predicted octanol–water partition coefficient (Wildman–Crippen LogP) is 3.33. The molecule has 3 rings (SSSR count). The molecule has 20 heavy (non-hydrogen) atoms. The van der Waals surface area contributed by atoms with E-state index in [1.807, 2.05) is 55.5 Å². The quantitative estimate of drug-likeness (QED) is 0.906. The first-order chi connectivity index (χ1) is 9.72. The molecule has 0 bridgehead atoms. The molecule has 1 unspecified atom stereocenters. The summed E-state index contributed by atoms with van der Waals surface area (Å²) in [5, 5.41) is 2.91. The summed E-state index contributed by atoms with van der Waals surface area (Å²) in [7, 11) is 0. The minimum atomic E-state index is -0.411. The predicted molar refractivity (Wildman–Crippen MR) is 79.0 cm³/mol. The van der Waals surface area contributed by atoms with Crippen molar-refractivity contribution in [3.8, 4) is 5.75 Å². The zero-order chi connectivity index (χ0) is 13.9.